The van der Waals surface area contributed by atoms with Crippen LogP contribution < -0.4 is 5.73 Å². The van der Waals surface area contributed by atoms with E-state index in [4.69, 9.17) is 10.5 Å². The van der Waals surface area contributed by atoms with Gasteiger partial charge in [0, 0.05) is 25.7 Å². The van der Waals surface area contributed by atoms with Crippen LogP contribution >= 0.6 is 0 Å². The maximum atomic E-state index is 6.40. The van der Waals surface area contributed by atoms with E-state index in [1.165, 1.54) is 38.8 Å². The van der Waals surface area contributed by atoms with Crippen LogP contribution in [0.2, 0.25) is 0 Å². The molecule has 94 valence electrons. The van der Waals surface area contributed by atoms with Crippen molar-refractivity contribution in [1.29, 1.82) is 0 Å². The minimum absolute atomic E-state index is 0.0367. The van der Waals surface area contributed by atoms with E-state index in [1.807, 2.05) is 0 Å². The van der Waals surface area contributed by atoms with Crippen LogP contribution in [0.5, 0.6) is 0 Å². The fourth-order valence-corrected chi connectivity index (χ4v) is 3.02. The van der Waals surface area contributed by atoms with Gasteiger partial charge in [-0.3, -0.25) is 0 Å². The SMILES string of the molecule is COCC1CCCN(CC(C)(N)C2CC2)C1. The van der Waals surface area contributed by atoms with Crippen LogP contribution in [0.3, 0.4) is 0 Å². The fourth-order valence-electron chi connectivity index (χ4n) is 3.02. The molecule has 1 aliphatic heterocycles. The van der Waals surface area contributed by atoms with Gasteiger partial charge < -0.3 is 15.4 Å². The number of hydrogen-bond acceptors (Lipinski definition) is 3. The number of methoxy groups -OCH3 is 1. The molecule has 2 N–H and O–H groups in total. The lowest BCUT2D eigenvalue weighted by Gasteiger charge is -2.38. The third-order valence-corrected chi connectivity index (χ3v) is 4.08. The highest BCUT2D eigenvalue weighted by atomic mass is 16.5. The van der Waals surface area contributed by atoms with Gasteiger partial charge in [0.25, 0.3) is 0 Å². The van der Waals surface area contributed by atoms with E-state index in [1.54, 1.807) is 7.11 Å². The van der Waals surface area contributed by atoms with Crippen LogP contribution in [0.25, 0.3) is 0 Å². The van der Waals surface area contributed by atoms with E-state index in [0.29, 0.717) is 5.92 Å². The van der Waals surface area contributed by atoms with Crippen LogP contribution in [-0.4, -0.2) is 43.8 Å². The highest BCUT2D eigenvalue weighted by Gasteiger charge is 2.39. The summed E-state index contributed by atoms with van der Waals surface area (Å²) in [4.78, 5) is 2.55. The van der Waals surface area contributed by atoms with Crippen molar-refractivity contribution in [2.45, 2.75) is 38.1 Å². The zero-order valence-electron chi connectivity index (χ0n) is 10.7. The van der Waals surface area contributed by atoms with Crippen molar-refractivity contribution in [2.75, 3.05) is 33.4 Å². The Morgan fingerprint density at radius 1 is 1.38 bits per heavy atom. The molecule has 3 nitrogen and oxygen atoms in total. The second-order valence-electron chi connectivity index (χ2n) is 5.98. The molecule has 0 aromatic rings. The molecule has 0 aromatic carbocycles. The van der Waals surface area contributed by atoms with Crippen LogP contribution in [-0.2, 0) is 4.74 Å². The molecule has 1 saturated heterocycles. The number of nitrogens with two attached hydrogens (primary N) is 1. The Kier molecular flexibility index (Phi) is 3.88. The van der Waals surface area contributed by atoms with Gasteiger partial charge in [-0.2, -0.15) is 0 Å². The summed E-state index contributed by atoms with van der Waals surface area (Å²) < 4.78 is 5.26. The summed E-state index contributed by atoms with van der Waals surface area (Å²) >= 11 is 0. The number of likely N-dealkylation sites (tertiary alicyclic amines) is 1. The summed E-state index contributed by atoms with van der Waals surface area (Å²) in [6, 6.07) is 0. The highest BCUT2D eigenvalue weighted by molar-refractivity contribution is 4.97. The third-order valence-electron chi connectivity index (χ3n) is 4.08. The maximum absolute atomic E-state index is 6.40. The first-order valence-corrected chi connectivity index (χ1v) is 6.62. The number of rotatable bonds is 5. The Balaban J connectivity index is 1.80. The number of piperidine rings is 1. The first-order chi connectivity index (χ1) is 7.62. The van der Waals surface area contributed by atoms with Gasteiger partial charge in [-0.1, -0.05) is 0 Å². The molecule has 0 bridgehead atoms. The second kappa shape index (κ2) is 5.03. The molecular weight excluding hydrogens is 200 g/mol. The molecule has 16 heavy (non-hydrogen) atoms. The van der Waals surface area contributed by atoms with Gasteiger partial charge in [0.1, 0.15) is 0 Å². The van der Waals surface area contributed by atoms with Crippen molar-refractivity contribution in [3.8, 4) is 0 Å². The maximum Gasteiger partial charge on any atom is 0.0502 e. The second-order valence-corrected chi connectivity index (χ2v) is 5.98. The van der Waals surface area contributed by atoms with Crippen LogP contribution in [0.15, 0.2) is 0 Å². The molecule has 2 atom stereocenters. The Hall–Kier alpha value is -0.120. The minimum Gasteiger partial charge on any atom is -0.384 e. The van der Waals surface area contributed by atoms with Crippen molar-refractivity contribution in [1.82, 2.24) is 4.90 Å². The molecule has 1 saturated carbocycles. The van der Waals surface area contributed by atoms with Gasteiger partial charge >= 0.3 is 0 Å². The predicted molar refractivity (Wildman–Crippen MR) is 66.4 cm³/mol. The van der Waals surface area contributed by atoms with Crippen molar-refractivity contribution in [2.24, 2.45) is 17.6 Å². The monoisotopic (exact) mass is 226 g/mol. The number of nitrogens with zero attached hydrogens (tertiary/aromatic N) is 1. The largest absolute Gasteiger partial charge is 0.384 e. The van der Waals surface area contributed by atoms with Gasteiger partial charge in [0.05, 0.1) is 6.61 Å². The first kappa shape index (κ1) is 12.3. The Morgan fingerprint density at radius 2 is 2.12 bits per heavy atom. The van der Waals surface area contributed by atoms with Crippen LogP contribution in [0, 0.1) is 11.8 Å². The van der Waals surface area contributed by atoms with Crippen LogP contribution in [0.4, 0.5) is 0 Å². The molecule has 1 heterocycles. The molecule has 0 amide bonds. The van der Waals surface area contributed by atoms with Crippen molar-refractivity contribution in [3.63, 3.8) is 0 Å². The predicted octanol–water partition coefficient (Wildman–Crippen LogP) is 1.47. The average Bonchev–Trinajstić information content (AvgIpc) is 3.01. The van der Waals surface area contributed by atoms with Crippen molar-refractivity contribution < 1.29 is 4.74 Å². The average molecular weight is 226 g/mol. The molecule has 2 rings (SSSR count). The summed E-state index contributed by atoms with van der Waals surface area (Å²) in [6.07, 6.45) is 5.29. The van der Waals surface area contributed by atoms with E-state index in [2.05, 4.69) is 11.8 Å². The van der Waals surface area contributed by atoms with Crippen LogP contribution in [0.1, 0.15) is 32.6 Å². The minimum atomic E-state index is 0.0367. The molecule has 2 unspecified atom stereocenters. The molecule has 0 radical (unpaired) electrons. The Labute approximate surface area is 99.3 Å². The summed E-state index contributed by atoms with van der Waals surface area (Å²) in [5.74, 6) is 1.49. The highest BCUT2D eigenvalue weighted by Crippen LogP contribution is 2.38. The molecule has 2 fully saturated rings. The molecular formula is C13H26N2O. The quantitative estimate of drug-likeness (QED) is 0.771. The third kappa shape index (κ3) is 3.19. The zero-order valence-corrected chi connectivity index (χ0v) is 10.7. The van der Waals surface area contributed by atoms with E-state index >= 15 is 0 Å². The summed E-state index contributed by atoms with van der Waals surface area (Å²) in [5.41, 5.74) is 6.44. The molecule has 0 spiro atoms. The lowest BCUT2D eigenvalue weighted by molar-refractivity contribution is 0.0777. The normalized spacial score (nSPS) is 31.3. The molecule has 3 heteroatoms. The van der Waals surface area contributed by atoms with E-state index < -0.39 is 0 Å². The fraction of sp³-hybridized carbons (Fsp3) is 1.00. The topological polar surface area (TPSA) is 38.5 Å². The smallest absolute Gasteiger partial charge is 0.0502 e. The zero-order chi connectivity index (χ0) is 11.6. The van der Waals surface area contributed by atoms with Gasteiger partial charge in [-0.25, -0.2) is 0 Å². The Morgan fingerprint density at radius 3 is 2.75 bits per heavy atom. The number of hydrogen-bond donors (Lipinski definition) is 1. The van der Waals surface area contributed by atoms with E-state index in [-0.39, 0.29) is 5.54 Å². The van der Waals surface area contributed by atoms with Gasteiger partial charge in [-0.15, -0.1) is 0 Å². The van der Waals surface area contributed by atoms with Crippen molar-refractivity contribution in [3.05, 3.63) is 0 Å². The summed E-state index contributed by atoms with van der Waals surface area (Å²) in [7, 11) is 1.80. The Bertz CT molecular complexity index is 224. The molecule has 2 aliphatic rings. The van der Waals surface area contributed by atoms with E-state index in [0.717, 1.165) is 19.1 Å². The first-order valence-electron chi connectivity index (χ1n) is 6.62. The van der Waals surface area contributed by atoms with Gasteiger partial charge in [0.2, 0.25) is 0 Å². The molecule has 1 aliphatic carbocycles. The van der Waals surface area contributed by atoms with Crippen molar-refractivity contribution >= 4 is 0 Å². The summed E-state index contributed by atoms with van der Waals surface area (Å²) in [6.45, 7) is 6.59. The lowest BCUT2D eigenvalue weighted by Crippen LogP contribution is -2.52. The summed E-state index contributed by atoms with van der Waals surface area (Å²) in [5, 5.41) is 0. The van der Waals surface area contributed by atoms with E-state index in [9.17, 15) is 0 Å². The van der Waals surface area contributed by atoms with Gasteiger partial charge in [-0.05, 0) is 51.0 Å². The lowest BCUT2D eigenvalue weighted by atomic mass is 9.93. The number of ether oxygens (including phenoxy) is 1. The van der Waals surface area contributed by atoms with Gasteiger partial charge in [0.15, 0.2) is 0 Å². The molecule has 0 aromatic heterocycles. The standard InChI is InChI=1S/C13H26N2O/c1-13(14,12-5-6-12)10-15-7-3-4-11(8-15)9-16-2/h11-12H,3-10,14H2,1-2H3.